The molecule has 0 bridgehead atoms. The summed E-state index contributed by atoms with van der Waals surface area (Å²) in [6.45, 7) is 8.10. The summed E-state index contributed by atoms with van der Waals surface area (Å²) in [5.41, 5.74) is 1.84. The van der Waals surface area contributed by atoms with E-state index in [1.807, 2.05) is 31.3 Å². The number of piperazine rings is 1. The van der Waals surface area contributed by atoms with Crippen LogP contribution in [-0.2, 0) is 13.0 Å². The first-order chi connectivity index (χ1) is 14.2. The van der Waals surface area contributed by atoms with E-state index in [0.29, 0.717) is 25.1 Å². The molecule has 1 aliphatic heterocycles. The molecule has 0 unspecified atom stereocenters. The average Bonchev–Trinajstić information content (AvgIpc) is 2.74. The van der Waals surface area contributed by atoms with Crippen LogP contribution in [0.1, 0.15) is 18.1 Å². The second-order valence-corrected chi connectivity index (χ2v) is 7.28. The van der Waals surface area contributed by atoms with Crippen LogP contribution in [0.15, 0.2) is 47.6 Å². The Labute approximate surface area is 196 Å². The molecule has 1 saturated heterocycles. The van der Waals surface area contributed by atoms with E-state index in [9.17, 15) is 4.39 Å². The summed E-state index contributed by atoms with van der Waals surface area (Å²) in [6, 6.07) is 11.0. The summed E-state index contributed by atoms with van der Waals surface area (Å²) in [7, 11) is 2.15. The van der Waals surface area contributed by atoms with Gasteiger partial charge < -0.3 is 20.4 Å². The molecule has 0 spiro atoms. The summed E-state index contributed by atoms with van der Waals surface area (Å²) < 4.78 is 13.8. The van der Waals surface area contributed by atoms with E-state index >= 15 is 0 Å². The van der Waals surface area contributed by atoms with E-state index in [2.05, 4.69) is 43.5 Å². The van der Waals surface area contributed by atoms with Gasteiger partial charge in [0.1, 0.15) is 11.6 Å². The topological polar surface area (TPSA) is 55.8 Å². The van der Waals surface area contributed by atoms with Crippen molar-refractivity contribution in [1.82, 2.24) is 20.5 Å². The fraction of sp³-hybridized carbons (Fsp3) is 0.455. The number of pyridine rings is 1. The second kappa shape index (κ2) is 12.7. The molecule has 1 fully saturated rings. The van der Waals surface area contributed by atoms with Gasteiger partial charge in [0.05, 0.1) is 6.54 Å². The first kappa shape index (κ1) is 24.3. The number of guanidine groups is 1. The van der Waals surface area contributed by atoms with Gasteiger partial charge in [0.2, 0.25) is 0 Å². The van der Waals surface area contributed by atoms with Crippen LogP contribution in [0.25, 0.3) is 0 Å². The number of rotatable bonds is 7. The van der Waals surface area contributed by atoms with Crippen LogP contribution in [0.2, 0.25) is 0 Å². The number of anilines is 1. The molecule has 30 heavy (non-hydrogen) atoms. The van der Waals surface area contributed by atoms with Gasteiger partial charge in [-0.15, -0.1) is 24.0 Å². The van der Waals surface area contributed by atoms with Crippen molar-refractivity contribution in [2.24, 2.45) is 4.99 Å². The largest absolute Gasteiger partial charge is 0.357 e. The van der Waals surface area contributed by atoms with E-state index in [1.165, 1.54) is 6.07 Å². The lowest BCUT2D eigenvalue weighted by atomic mass is 10.1. The zero-order valence-electron chi connectivity index (χ0n) is 17.8. The Morgan fingerprint density at radius 2 is 1.90 bits per heavy atom. The highest BCUT2D eigenvalue weighted by Gasteiger charge is 2.15. The van der Waals surface area contributed by atoms with Gasteiger partial charge in [-0.1, -0.05) is 18.2 Å². The van der Waals surface area contributed by atoms with Gasteiger partial charge in [-0.3, -0.25) is 0 Å². The fourth-order valence-electron chi connectivity index (χ4n) is 3.30. The summed E-state index contributed by atoms with van der Waals surface area (Å²) in [5, 5.41) is 6.54. The highest BCUT2D eigenvalue weighted by Crippen LogP contribution is 2.15. The molecule has 1 aliphatic rings. The van der Waals surface area contributed by atoms with Crippen LogP contribution in [0.4, 0.5) is 10.2 Å². The van der Waals surface area contributed by atoms with Gasteiger partial charge in [-0.25, -0.2) is 14.4 Å². The molecule has 2 heterocycles. The van der Waals surface area contributed by atoms with Crippen LogP contribution < -0.4 is 15.5 Å². The predicted molar refractivity (Wildman–Crippen MR) is 132 cm³/mol. The van der Waals surface area contributed by atoms with Crippen molar-refractivity contribution in [3.05, 3.63) is 59.5 Å². The highest BCUT2D eigenvalue weighted by atomic mass is 127. The van der Waals surface area contributed by atoms with Gasteiger partial charge in [0.25, 0.3) is 0 Å². The van der Waals surface area contributed by atoms with Crippen molar-refractivity contribution in [1.29, 1.82) is 0 Å². The molecule has 1 aromatic carbocycles. The molecule has 3 rings (SSSR count). The van der Waals surface area contributed by atoms with E-state index in [0.717, 1.165) is 50.1 Å². The third-order valence-electron chi connectivity index (χ3n) is 5.05. The van der Waals surface area contributed by atoms with Crippen LogP contribution in [0.5, 0.6) is 0 Å². The fourth-order valence-corrected chi connectivity index (χ4v) is 3.30. The number of aromatic nitrogens is 1. The molecule has 0 amide bonds. The Hall–Kier alpha value is -1.94. The van der Waals surface area contributed by atoms with E-state index in [4.69, 9.17) is 0 Å². The van der Waals surface area contributed by atoms with Crippen LogP contribution in [0.3, 0.4) is 0 Å². The van der Waals surface area contributed by atoms with Gasteiger partial charge >= 0.3 is 0 Å². The monoisotopic (exact) mass is 526 g/mol. The van der Waals surface area contributed by atoms with Crippen LogP contribution >= 0.6 is 24.0 Å². The number of nitrogens with zero attached hydrogens (tertiary/aromatic N) is 4. The normalized spacial score (nSPS) is 14.9. The van der Waals surface area contributed by atoms with Crippen molar-refractivity contribution in [3.8, 4) is 0 Å². The van der Waals surface area contributed by atoms with Gasteiger partial charge in [0.15, 0.2) is 5.96 Å². The first-order valence-electron chi connectivity index (χ1n) is 10.3. The van der Waals surface area contributed by atoms with Gasteiger partial charge in [0, 0.05) is 45.5 Å². The van der Waals surface area contributed by atoms with Gasteiger partial charge in [-0.2, -0.15) is 0 Å². The predicted octanol–water partition coefficient (Wildman–Crippen LogP) is 2.89. The second-order valence-electron chi connectivity index (χ2n) is 7.28. The van der Waals surface area contributed by atoms with Crippen molar-refractivity contribution in [2.75, 3.05) is 51.2 Å². The SMILES string of the molecule is CCNC(=NCc1ccnc(N2CCN(C)CC2)c1)NCCc1ccccc1F.I. The Morgan fingerprint density at radius 3 is 2.63 bits per heavy atom. The van der Waals surface area contributed by atoms with Crippen molar-refractivity contribution in [3.63, 3.8) is 0 Å². The molecule has 2 N–H and O–H groups in total. The molecule has 6 nitrogen and oxygen atoms in total. The molecule has 0 radical (unpaired) electrons. The Balaban J connectivity index is 0.00000320. The van der Waals surface area contributed by atoms with Gasteiger partial charge in [-0.05, 0) is 49.7 Å². The van der Waals surface area contributed by atoms with Crippen LogP contribution in [0, 0.1) is 5.82 Å². The molecule has 8 heteroatoms. The molecule has 0 atom stereocenters. The number of nitrogens with one attached hydrogen (secondary N) is 2. The Kier molecular flexibility index (Phi) is 10.3. The molecule has 0 aliphatic carbocycles. The molecule has 0 saturated carbocycles. The number of benzene rings is 1. The quantitative estimate of drug-likeness (QED) is 0.330. The minimum absolute atomic E-state index is 0. The van der Waals surface area contributed by atoms with Crippen molar-refractivity contribution in [2.45, 2.75) is 19.9 Å². The Morgan fingerprint density at radius 1 is 1.13 bits per heavy atom. The zero-order chi connectivity index (χ0) is 20.5. The number of hydrogen-bond acceptors (Lipinski definition) is 4. The molecule has 2 aromatic rings. The standard InChI is InChI=1S/C22H31FN6.HI/c1-3-24-22(26-11-9-19-6-4-5-7-20(19)23)27-17-18-8-10-25-21(16-18)29-14-12-28(2)13-15-29;/h4-8,10,16H,3,9,11-15,17H2,1-2H3,(H2,24,26,27);1H. The average molecular weight is 526 g/mol. The smallest absolute Gasteiger partial charge is 0.191 e. The minimum Gasteiger partial charge on any atom is -0.357 e. The maximum atomic E-state index is 13.8. The number of likely N-dealkylation sites (N-methyl/N-ethyl adjacent to an activating group) is 1. The number of hydrogen-bond donors (Lipinski definition) is 2. The maximum absolute atomic E-state index is 13.8. The van der Waals surface area contributed by atoms with E-state index in [1.54, 1.807) is 6.07 Å². The minimum atomic E-state index is -0.163. The third kappa shape index (κ3) is 7.39. The highest BCUT2D eigenvalue weighted by molar-refractivity contribution is 14.0. The van der Waals surface area contributed by atoms with Crippen molar-refractivity contribution < 1.29 is 4.39 Å². The van der Waals surface area contributed by atoms with Crippen molar-refractivity contribution >= 4 is 35.8 Å². The lowest BCUT2D eigenvalue weighted by molar-refractivity contribution is 0.312. The Bertz CT molecular complexity index is 808. The molecular weight excluding hydrogens is 494 g/mol. The van der Waals surface area contributed by atoms with Crippen LogP contribution in [-0.4, -0.2) is 62.2 Å². The first-order valence-corrected chi connectivity index (χ1v) is 10.3. The zero-order valence-corrected chi connectivity index (χ0v) is 20.1. The molecular formula is C22H32FIN6. The number of aliphatic imine (C=N–C) groups is 1. The lowest BCUT2D eigenvalue weighted by Gasteiger charge is -2.33. The summed E-state index contributed by atoms with van der Waals surface area (Å²) in [5.74, 6) is 1.59. The lowest BCUT2D eigenvalue weighted by Crippen LogP contribution is -2.44. The number of halogens is 2. The van der Waals surface area contributed by atoms with E-state index in [-0.39, 0.29) is 29.8 Å². The summed E-state index contributed by atoms with van der Waals surface area (Å²) in [6.07, 6.45) is 2.47. The molecule has 1 aromatic heterocycles. The maximum Gasteiger partial charge on any atom is 0.191 e. The molecule has 164 valence electrons. The van der Waals surface area contributed by atoms with E-state index < -0.39 is 0 Å². The summed E-state index contributed by atoms with van der Waals surface area (Å²) in [4.78, 5) is 13.9. The third-order valence-corrected chi connectivity index (χ3v) is 5.05. The summed E-state index contributed by atoms with van der Waals surface area (Å²) >= 11 is 0.